The van der Waals surface area contributed by atoms with E-state index < -0.39 is 0 Å². The number of aryl methyl sites for hydroxylation is 1. The molecule has 8 nitrogen and oxygen atoms in total. The van der Waals surface area contributed by atoms with Gasteiger partial charge < -0.3 is 14.8 Å². The molecule has 0 unspecified atom stereocenters. The minimum Gasteiger partial charge on any atom is -0.336 e. The third-order valence-electron chi connectivity index (χ3n) is 6.14. The molecule has 1 fully saturated rings. The van der Waals surface area contributed by atoms with Gasteiger partial charge in [-0.25, -0.2) is 15.0 Å². The number of aromatic nitrogens is 4. The van der Waals surface area contributed by atoms with Crippen molar-refractivity contribution in [2.75, 3.05) is 31.5 Å². The van der Waals surface area contributed by atoms with Crippen LogP contribution in [0.5, 0.6) is 0 Å². The summed E-state index contributed by atoms with van der Waals surface area (Å²) in [5.41, 5.74) is 3.31. The third-order valence-corrected chi connectivity index (χ3v) is 6.14. The molecule has 3 heterocycles. The molecule has 2 aromatic heterocycles. The van der Waals surface area contributed by atoms with Crippen molar-refractivity contribution in [2.24, 2.45) is 0 Å². The lowest BCUT2D eigenvalue weighted by atomic mass is 10.1. The largest absolute Gasteiger partial charge is 0.336 e. The lowest BCUT2D eigenvalue weighted by Gasteiger charge is -2.37. The fraction of sp³-hybridized carbons (Fsp3) is 0.440. The third kappa shape index (κ3) is 5.06. The number of carbonyl (C=O) groups is 1. The summed E-state index contributed by atoms with van der Waals surface area (Å²) in [6.07, 6.45) is 3.59. The number of amides is 1. The Kier molecular flexibility index (Phi) is 6.74. The second-order valence-electron chi connectivity index (χ2n) is 9.04. The molecule has 0 spiro atoms. The minimum atomic E-state index is 0.0838. The first-order valence-electron chi connectivity index (χ1n) is 11.6. The van der Waals surface area contributed by atoms with Crippen LogP contribution in [0.4, 0.5) is 11.6 Å². The summed E-state index contributed by atoms with van der Waals surface area (Å²) >= 11 is 0. The van der Waals surface area contributed by atoms with Crippen LogP contribution in [0.2, 0.25) is 0 Å². The Morgan fingerprint density at radius 3 is 2.27 bits per heavy atom. The van der Waals surface area contributed by atoms with Crippen molar-refractivity contribution < 1.29 is 4.79 Å². The minimum absolute atomic E-state index is 0.0838. The molecule has 1 saturated heterocycles. The van der Waals surface area contributed by atoms with E-state index in [1.165, 1.54) is 0 Å². The highest BCUT2D eigenvalue weighted by atomic mass is 16.2. The normalized spacial score (nSPS) is 14.8. The van der Waals surface area contributed by atoms with E-state index in [0.29, 0.717) is 17.6 Å². The standard InChI is InChI=1S/C25H33N7O/c1-17(2)30-12-14-31(15-13-30)24(33)20-6-8-21(9-7-20)28-25-26-11-10-22(29-25)23-16-27-19(5)32(23)18(3)4/h6-11,16-18H,12-15H2,1-5H3,(H,26,28,29). The summed E-state index contributed by atoms with van der Waals surface area (Å²) in [5.74, 6) is 1.55. The van der Waals surface area contributed by atoms with Crippen molar-refractivity contribution in [1.29, 1.82) is 0 Å². The number of nitrogens with zero attached hydrogens (tertiary/aromatic N) is 6. The topological polar surface area (TPSA) is 79.2 Å². The molecular formula is C25H33N7O. The van der Waals surface area contributed by atoms with Crippen molar-refractivity contribution >= 4 is 17.5 Å². The molecule has 8 heteroatoms. The van der Waals surface area contributed by atoms with Crippen LogP contribution in [0, 0.1) is 6.92 Å². The van der Waals surface area contributed by atoms with Gasteiger partial charge in [0, 0.05) is 55.7 Å². The predicted molar refractivity (Wildman–Crippen MR) is 131 cm³/mol. The average molecular weight is 448 g/mol. The Labute approximate surface area is 195 Å². The van der Waals surface area contributed by atoms with Gasteiger partial charge in [0.1, 0.15) is 5.82 Å². The smallest absolute Gasteiger partial charge is 0.253 e. The number of hydrogen-bond acceptors (Lipinski definition) is 6. The highest BCUT2D eigenvalue weighted by Gasteiger charge is 2.23. The molecule has 174 valence electrons. The second kappa shape index (κ2) is 9.70. The lowest BCUT2D eigenvalue weighted by molar-refractivity contribution is 0.0595. The predicted octanol–water partition coefficient (Wildman–Crippen LogP) is 4.14. The number of nitrogens with one attached hydrogen (secondary N) is 1. The number of piperazine rings is 1. The van der Waals surface area contributed by atoms with E-state index in [1.807, 2.05) is 48.4 Å². The van der Waals surface area contributed by atoms with Gasteiger partial charge in [-0.3, -0.25) is 9.69 Å². The van der Waals surface area contributed by atoms with Gasteiger partial charge in [-0.05, 0) is 65.0 Å². The Morgan fingerprint density at radius 1 is 0.939 bits per heavy atom. The zero-order valence-corrected chi connectivity index (χ0v) is 20.1. The first-order chi connectivity index (χ1) is 15.8. The number of rotatable bonds is 6. The molecule has 3 aromatic rings. The van der Waals surface area contributed by atoms with Gasteiger partial charge in [-0.1, -0.05) is 0 Å². The molecule has 1 N–H and O–H groups in total. The van der Waals surface area contributed by atoms with Crippen LogP contribution >= 0.6 is 0 Å². The van der Waals surface area contributed by atoms with E-state index in [4.69, 9.17) is 0 Å². The van der Waals surface area contributed by atoms with Gasteiger partial charge in [-0.15, -0.1) is 0 Å². The molecule has 1 aliphatic heterocycles. The molecular weight excluding hydrogens is 414 g/mol. The first-order valence-corrected chi connectivity index (χ1v) is 11.6. The molecule has 0 aliphatic carbocycles. The molecule has 0 bridgehead atoms. The molecule has 4 rings (SSSR count). The van der Waals surface area contributed by atoms with Crippen LogP contribution in [0.25, 0.3) is 11.4 Å². The fourth-order valence-corrected chi connectivity index (χ4v) is 4.31. The van der Waals surface area contributed by atoms with E-state index in [9.17, 15) is 4.79 Å². The monoisotopic (exact) mass is 447 g/mol. The summed E-state index contributed by atoms with van der Waals surface area (Å²) in [4.78, 5) is 30.7. The average Bonchev–Trinajstić information content (AvgIpc) is 3.21. The molecule has 0 radical (unpaired) electrons. The van der Waals surface area contributed by atoms with Gasteiger partial charge in [-0.2, -0.15) is 0 Å². The zero-order valence-electron chi connectivity index (χ0n) is 20.1. The Balaban J connectivity index is 1.44. The van der Waals surface area contributed by atoms with Crippen LogP contribution in [0.15, 0.2) is 42.7 Å². The SMILES string of the molecule is Cc1ncc(-c2ccnc(Nc3ccc(C(=O)N4CCN(C(C)C)CC4)cc3)n2)n1C(C)C. The van der Waals surface area contributed by atoms with Crippen molar-refractivity contribution in [3.8, 4) is 11.4 Å². The molecule has 1 aromatic carbocycles. The molecule has 0 atom stereocenters. The molecule has 33 heavy (non-hydrogen) atoms. The first kappa shape index (κ1) is 22.9. The Hall–Kier alpha value is -3.26. The Bertz CT molecular complexity index is 1100. The fourth-order valence-electron chi connectivity index (χ4n) is 4.31. The maximum absolute atomic E-state index is 12.9. The quantitative estimate of drug-likeness (QED) is 0.612. The van der Waals surface area contributed by atoms with Crippen LogP contribution in [-0.4, -0.2) is 67.4 Å². The summed E-state index contributed by atoms with van der Waals surface area (Å²) in [7, 11) is 0. The van der Waals surface area contributed by atoms with Crippen molar-refractivity contribution in [1.82, 2.24) is 29.3 Å². The second-order valence-corrected chi connectivity index (χ2v) is 9.04. The number of hydrogen-bond donors (Lipinski definition) is 1. The van der Waals surface area contributed by atoms with Crippen LogP contribution in [0.1, 0.15) is 49.9 Å². The van der Waals surface area contributed by atoms with Gasteiger partial charge in [0.25, 0.3) is 5.91 Å². The number of benzene rings is 1. The van der Waals surface area contributed by atoms with Gasteiger partial charge in [0.05, 0.1) is 17.6 Å². The van der Waals surface area contributed by atoms with Gasteiger partial charge in [0.2, 0.25) is 5.95 Å². The summed E-state index contributed by atoms with van der Waals surface area (Å²) < 4.78 is 2.16. The zero-order chi connectivity index (χ0) is 23.5. The highest BCUT2D eigenvalue weighted by Crippen LogP contribution is 2.24. The highest BCUT2D eigenvalue weighted by molar-refractivity contribution is 5.94. The van der Waals surface area contributed by atoms with E-state index in [-0.39, 0.29) is 11.9 Å². The van der Waals surface area contributed by atoms with E-state index in [0.717, 1.165) is 49.1 Å². The van der Waals surface area contributed by atoms with E-state index >= 15 is 0 Å². The van der Waals surface area contributed by atoms with Crippen molar-refractivity contribution in [3.05, 3.63) is 54.1 Å². The van der Waals surface area contributed by atoms with Crippen molar-refractivity contribution in [3.63, 3.8) is 0 Å². The van der Waals surface area contributed by atoms with E-state index in [1.54, 1.807) is 6.20 Å². The maximum atomic E-state index is 12.9. The van der Waals surface area contributed by atoms with Crippen LogP contribution in [0.3, 0.4) is 0 Å². The lowest BCUT2D eigenvalue weighted by Crippen LogP contribution is -2.50. The molecule has 1 amide bonds. The van der Waals surface area contributed by atoms with E-state index in [2.05, 4.69) is 57.4 Å². The number of carbonyl (C=O) groups excluding carboxylic acids is 1. The number of anilines is 2. The van der Waals surface area contributed by atoms with Crippen molar-refractivity contribution in [2.45, 2.75) is 46.7 Å². The van der Waals surface area contributed by atoms with Crippen LogP contribution < -0.4 is 5.32 Å². The summed E-state index contributed by atoms with van der Waals surface area (Å²) in [5, 5.41) is 3.25. The maximum Gasteiger partial charge on any atom is 0.253 e. The Morgan fingerprint density at radius 2 is 1.64 bits per heavy atom. The summed E-state index contributed by atoms with van der Waals surface area (Å²) in [6.45, 7) is 14.0. The number of imidazole rings is 1. The van der Waals surface area contributed by atoms with Gasteiger partial charge in [0.15, 0.2) is 0 Å². The molecule has 1 aliphatic rings. The van der Waals surface area contributed by atoms with Gasteiger partial charge >= 0.3 is 0 Å². The summed E-state index contributed by atoms with van der Waals surface area (Å²) in [6, 6.07) is 10.2. The van der Waals surface area contributed by atoms with Crippen LogP contribution in [-0.2, 0) is 0 Å². The molecule has 0 saturated carbocycles.